The Kier molecular flexibility index (Phi) is 5.25. The molecular formula is C15H13ClNO5S-. The number of benzene rings is 2. The van der Waals surface area contributed by atoms with Crippen LogP contribution in [0.4, 0.5) is 0 Å². The third-order valence-corrected chi connectivity index (χ3v) is 4.75. The van der Waals surface area contributed by atoms with Gasteiger partial charge in [-0.1, -0.05) is 23.7 Å². The van der Waals surface area contributed by atoms with Gasteiger partial charge in [0.1, 0.15) is 11.5 Å². The van der Waals surface area contributed by atoms with Crippen molar-refractivity contribution in [3.05, 3.63) is 53.6 Å². The van der Waals surface area contributed by atoms with Crippen molar-refractivity contribution in [1.82, 2.24) is 4.72 Å². The Labute approximate surface area is 138 Å². The molecule has 0 aliphatic carbocycles. The van der Waals surface area contributed by atoms with E-state index in [1.165, 1.54) is 31.2 Å². The summed E-state index contributed by atoms with van der Waals surface area (Å²) < 4.78 is 31.6. The van der Waals surface area contributed by atoms with Crippen LogP contribution in [0.25, 0.3) is 0 Å². The molecule has 0 saturated heterocycles. The van der Waals surface area contributed by atoms with E-state index in [-0.39, 0.29) is 4.90 Å². The van der Waals surface area contributed by atoms with E-state index in [2.05, 4.69) is 0 Å². The number of para-hydroxylation sites is 1. The molecule has 0 amide bonds. The van der Waals surface area contributed by atoms with Crippen molar-refractivity contribution in [3.63, 3.8) is 0 Å². The average Bonchev–Trinajstić information content (AvgIpc) is 2.49. The minimum absolute atomic E-state index is 0.0860. The minimum atomic E-state index is -3.95. The maximum Gasteiger partial charge on any atom is 0.241 e. The highest BCUT2D eigenvalue weighted by molar-refractivity contribution is 7.89. The van der Waals surface area contributed by atoms with Crippen molar-refractivity contribution < 1.29 is 23.1 Å². The maximum absolute atomic E-state index is 12.0. The fourth-order valence-electron chi connectivity index (χ4n) is 1.69. The summed E-state index contributed by atoms with van der Waals surface area (Å²) in [6, 6.07) is 11.0. The van der Waals surface area contributed by atoms with Gasteiger partial charge in [-0.15, -0.1) is 0 Å². The smallest absolute Gasteiger partial charge is 0.241 e. The number of carboxylic acid groups (broad SMARTS) is 1. The lowest BCUT2D eigenvalue weighted by Gasteiger charge is -2.15. The fourth-order valence-corrected chi connectivity index (χ4v) is 3.06. The second-order valence-electron chi connectivity index (χ2n) is 4.67. The molecular weight excluding hydrogens is 342 g/mol. The molecule has 0 saturated carbocycles. The molecule has 1 unspecified atom stereocenters. The van der Waals surface area contributed by atoms with Gasteiger partial charge in [0.15, 0.2) is 0 Å². The number of hydrogen-bond donors (Lipinski definition) is 1. The zero-order valence-electron chi connectivity index (χ0n) is 12.0. The molecule has 0 radical (unpaired) electrons. The average molecular weight is 355 g/mol. The number of carboxylic acids is 1. The van der Waals surface area contributed by atoms with Crippen molar-refractivity contribution in [2.75, 3.05) is 0 Å². The summed E-state index contributed by atoms with van der Waals surface area (Å²) in [5, 5.41) is 11.1. The number of aliphatic carboxylic acids is 1. The van der Waals surface area contributed by atoms with Crippen LogP contribution in [-0.2, 0) is 14.8 Å². The van der Waals surface area contributed by atoms with Crippen LogP contribution < -0.4 is 14.6 Å². The van der Waals surface area contributed by atoms with E-state index in [1.54, 1.807) is 24.3 Å². The predicted octanol–water partition coefficient (Wildman–Crippen LogP) is 1.55. The summed E-state index contributed by atoms with van der Waals surface area (Å²) in [4.78, 5) is 10.5. The first kappa shape index (κ1) is 17.3. The molecule has 0 spiro atoms. The molecule has 122 valence electrons. The van der Waals surface area contributed by atoms with Gasteiger partial charge in [-0.2, -0.15) is 0 Å². The summed E-state index contributed by atoms with van der Waals surface area (Å²) >= 11 is 5.97. The van der Waals surface area contributed by atoms with Crippen LogP contribution in [0.5, 0.6) is 11.5 Å². The van der Waals surface area contributed by atoms with Crippen LogP contribution in [-0.4, -0.2) is 20.4 Å². The molecule has 0 bridgehead atoms. The standard InChI is InChI=1S/C15H14ClNO5S/c1-10(15(18)19)17-23(20,21)12-8-6-11(7-9-12)22-14-5-3-2-4-13(14)16/h2-10,17H,1H3,(H,18,19)/p-1. The Bertz CT molecular complexity index is 805. The maximum atomic E-state index is 12.0. The van der Waals surface area contributed by atoms with Gasteiger partial charge in [0.25, 0.3) is 0 Å². The largest absolute Gasteiger partial charge is 0.548 e. The Hall–Kier alpha value is -2.09. The summed E-state index contributed by atoms with van der Waals surface area (Å²) in [5.41, 5.74) is 0. The number of carbonyl (C=O) groups excluding carboxylic acids is 1. The second-order valence-corrected chi connectivity index (χ2v) is 6.79. The lowest BCUT2D eigenvalue weighted by atomic mass is 10.3. The topological polar surface area (TPSA) is 95.5 Å². The summed E-state index contributed by atoms with van der Waals surface area (Å²) in [5.74, 6) is -0.675. The van der Waals surface area contributed by atoms with Gasteiger partial charge in [0.05, 0.1) is 21.9 Å². The van der Waals surface area contributed by atoms with Crippen molar-refractivity contribution >= 4 is 27.6 Å². The zero-order chi connectivity index (χ0) is 17.0. The van der Waals surface area contributed by atoms with Gasteiger partial charge in [-0.05, 0) is 43.3 Å². The van der Waals surface area contributed by atoms with E-state index in [0.717, 1.165) is 0 Å². The number of nitrogens with one attached hydrogen (secondary N) is 1. The molecule has 0 fully saturated rings. The van der Waals surface area contributed by atoms with E-state index in [0.29, 0.717) is 16.5 Å². The Morgan fingerprint density at radius 2 is 1.78 bits per heavy atom. The minimum Gasteiger partial charge on any atom is -0.548 e. The van der Waals surface area contributed by atoms with E-state index in [1.807, 2.05) is 4.72 Å². The van der Waals surface area contributed by atoms with Gasteiger partial charge in [-0.3, -0.25) is 0 Å². The van der Waals surface area contributed by atoms with Crippen LogP contribution in [0.15, 0.2) is 53.4 Å². The molecule has 1 N–H and O–H groups in total. The quantitative estimate of drug-likeness (QED) is 0.849. The third-order valence-electron chi connectivity index (χ3n) is 2.88. The van der Waals surface area contributed by atoms with Gasteiger partial charge in [0, 0.05) is 0 Å². The lowest BCUT2D eigenvalue weighted by Crippen LogP contribution is -2.45. The summed E-state index contributed by atoms with van der Waals surface area (Å²) in [7, 11) is -3.95. The van der Waals surface area contributed by atoms with E-state index in [4.69, 9.17) is 16.3 Å². The summed E-state index contributed by atoms with van der Waals surface area (Å²) in [6.07, 6.45) is 0. The van der Waals surface area contributed by atoms with Crippen LogP contribution in [0.3, 0.4) is 0 Å². The van der Waals surface area contributed by atoms with E-state index in [9.17, 15) is 18.3 Å². The predicted molar refractivity (Wildman–Crippen MR) is 82.8 cm³/mol. The molecule has 2 aromatic carbocycles. The molecule has 0 aliphatic heterocycles. The number of hydrogen-bond acceptors (Lipinski definition) is 5. The number of carbonyl (C=O) groups is 1. The SMILES string of the molecule is CC(NS(=O)(=O)c1ccc(Oc2ccccc2Cl)cc1)C(=O)[O-]. The van der Waals surface area contributed by atoms with Crippen LogP contribution >= 0.6 is 11.6 Å². The van der Waals surface area contributed by atoms with Gasteiger partial charge in [0.2, 0.25) is 10.0 Å². The first-order valence-electron chi connectivity index (χ1n) is 6.55. The molecule has 0 heterocycles. The lowest BCUT2D eigenvalue weighted by molar-refractivity contribution is -0.307. The van der Waals surface area contributed by atoms with Crippen molar-refractivity contribution in [3.8, 4) is 11.5 Å². The van der Waals surface area contributed by atoms with Crippen LogP contribution in [0, 0.1) is 0 Å². The molecule has 0 aliphatic rings. The number of sulfonamides is 1. The molecule has 2 aromatic rings. The Balaban J connectivity index is 2.16. The van der Waals surface area contributed by atoms with Crippen LogP contribution in [0.1, 0.15) is 6.92 Å². The zero-order valence-corrected chi connectivity index (χ0v) is 13.6. The van der Waals surface area contributed by atoms with Gasteiger partial charge >= 0.3 is 0 Å². The molecule has 2 rings (SSSR count). The van der Waals surface area contributed by atoms with Crippen molar-refractivity contribution in [2.24, 2.45) is 0 Å². The highest BCUT2D eigenvalue weighted by atomic mass is 35.5. The van der Waals surface area contributed by atoms with Crippen molar-refractivity contribution in [2.45, 2.75) is 17.9 Å². The van der Waals surface area contributed by atoms with E-state index >= 15 is 0 Å². The third kappa shape index (κ3) is 4.44. The first-order chi connectivity index (χ1) is 10.8. The van der Waals surface area contributed by atoms with Gasteiger partial charge < -0.3 is 14.6 Å². The molecule has 23 heavy (non-hydrogen) atoms. The first-order valence-corrected chi connectivity index (χ1v) is 8.41. The van der Waals surface area contributed by atoms with E-state index < -0.39 is 22.0 Å². The normalized spacial score (nSPS) is 12.6. The second kappa shape index (κ2) is 6.99. The number of rotatable bonds is 6. The molecule has 0 aromatic heterocycles. The molecule has 1 atom stereocenters. The molecule has 6 nitrogen and oxygen atoms in total. The van der Waals surface area contributed by atoms with Crippen molar-refractivity contribution in [1.29, 1.82) is 0 Å². The molecule has 8 heteroatoms. The monoisotopic (exact) mass is 354 g/mol. The Morgan fingerprint density at radius 1 is 1.17 bits per heavy atom. The number of ether oxygens (including phenoxy) is 1. The number of halogens is 1. The van der Waals surface area contributed by atoms with Crippen LogP contribution in [0.2, 0.25) is 5.02 Å². The summed E-state index contributed by atoms with van der Waals surface area (Å²) in [6.45, 7) is 1.18. The van der Waals surface area contributed by atoms with Gasteiger partial charge in [-0.25, -0.2) is 13.1 Å². The highest BCUT2D eigenvalue weighted by Gasteiger charge is 2.18. The fraction of sp³-hybridized carbons (Fsp3) is 0.133. The Morgan fingerprint density at radius 3 is 2.35 bits per heavy atom. The highest BCUT2D eigenvalue weighted by Crippen LogP contribution is 2.29.